The van der Waals surface area contributed by atoms with Gasteiger partial charge in [0.1, 0.15) is 5.82 Å². The Balaban J connectivity index is 2.78. The molecule has 0 aromatic carbocycles. The lowest BCUT2D eigenvalue weighted by molar-refractivity contribution is 0.887. The summed E-state index contributed by atoms with van der Waals surface area (Å²) >= 11 is 3.40. The third-order valence-corrected chi connectivity index (χ3v) is 1.82. The number of anilines is 1. The first-order valence-electron chi connectivity index (χ1n) is 3.57. The van der Waals surface area contributed by atoms with Crippen LogP contribution in [0.1, 0.15) is 13.8 Å². The minimum atomic E-state index is 0.418. The van der Waals surface area contributed by atoms with E-state index in [2.05, 4.69) is 40.1 Å². The van der Waals surface area contributed by atoms with E-state index < -0.39 is 0 Å². The number of nitrogens with one attached hydrogen (secondary N) is 1. The smallest absolute Gasteiger partial charge is 0.140 e. The first kappa shape index (κ1) is 8.53. The lowest BCUT2D eigenvalue weighted by Gasteiger charge is -2.09. The minimum absolute atomic E-state index is 0.418. The van der Waals surface area contributed by atoms with Crippen LogP contribution < -0.4 is 5.32 Å². The van der Waals surface area contributed by atoms with Crippen molar-refractivity contribution in [3.05, 3.63) is 22.8 Å². The molecule has 0 aliphatic rings. The van der Waals surface area contributed by atoms with Gasteiger partial charge in [0.15, 0.2) is 0 Å². The van der Waals surface area contributed by atoms with E-state index >= 15 is 0 Å². The molecule has 0 fully saturated rings. The van der Waals surface area contributed by atoms with Gasteiger partial charge in [0.05, 0.1) is 4.47 Å². The second-order valence-electron chi connectivity index (χ2n) is 2.63. The lowest BCUT2D eigenvalue weighted by Crippen LogP contribution is -2.11. The molecule has 2 nitrogen and oxygen atoms in total. The Hall–Kier alpha value is -0.570. The SMILES string of the molecule is CC(C)Nc1ncccc1Br. The molecule has 0 atom stereocenters. The molecule has 1 aromatic rings. The summed E-state index contributed by atoms with van der Waals surface area (Å²) in [5.41, 5.74) is 0. The summed E-state index contributed by atoms with van der Waals surface area (Å²) in [5, 5.41) is 3.22. The van der Waals surface area contributed by atoms with Crippen molar-refractivity contribution in [2.45, 2.75) is 19.9 Å². The van der Waals surface area contributed by atoms with Crippen LogP contribution in [-0.4, -0.2) is 11.0 Å². The van der Waals surface area contributed by atoms with Crippen LogP contribution in [0.3, 0.4) is 0 Å². The Morgan fingerprint density at radius 1 is 1.55 bits per heavy atom. The summed E-state index contributed by atoms with van der Waals surface area (Å²) in [6, 6.07) is 4.29. The number of aromatic nitrogens is 1. The summed E-state index contributed by atoms with van der Waals surface area (Å²) in [7, 11) is 0. The normalized spacial score (nSPS) is 10.2. The quantitative estimate of drug-likeness (QED) is 0.820. The number of rotatable bonds is 2. The molecule has 0 radical (unpaired) electrons. The highest BCUT2D eigenvalue weighted by molar-refractivity contribution is 9.10. The maximum atomic E-state index is 4.16. The van der Waals surface area contributed by atoms with Gasteiger partial charge in [0.25, 0.3) is 0 Å². The molecule has 0 spiro atoms. The van der Waals surface area contributed by atoms with Crippen LogP contribution in [0.15, 0.2) is 22.8 Å². The third-order valence-electron chi connectivity index (χ3n) is 1.18. The molecule has 1 N–H and O–H groups in total. The maximum absolute atomic E-state index is 4.16. The van der Waals surface area contributed by atoms with Crippen LogP contribution in [0.2, 0.25) is 0 Å². The van der Waals surface area contributed by atoms with Crippen molar-refractivity contribution in [1.29, 1.82) is 0 Å². The maximum Gasteiger partial charge on any atom is 0.140 e. The van der Waals surface area contributed by atoms with Crippen LogP contribution in [0.25, 0.3) is 0 Å². The van der Waals surface area contributed by atoms with Crippen LogP contribution >= 0.6 is 15.9 Å². The van der Waals surface area contributed by atoms with E-state index in [-0.39, 0.29) is 0 Å². The van der Waals surface area contributed by atoms with Crippen LogP contribution in [-0.2, 0) is 0 Å². The summed E-state index contributed by atoms with van der Waals surface area (Å²) in [5.74, 6) is 0.905. The van der Waals surface area contributed by atoms with Crippen LogP contribution in [0, 0.1) is 0 Å². The molecule has 3 heteroatoms. The van der Waals surface area contributed by atoms with Crippen molar-refractivity contribution in [3.63, 3.8) is 0 Å². The zero-order valence-electron chi connectivity index (χ0n) is 6.63. The van der Waals surface area contributed by atoms with Crippen LogP contribution in [0.5, 0.6) is 0 Å². The fourth-order valence-corrected chi connectivity index (χ4v) is 1.13. The van der Waals surface area contributed by atoms with Gasteiger partial charge in [-0.3, -0.25) is 0 Å². The molecule has 1 rings (SSSR count). The molecule has 0 aliphatic heterocycles. The van der Waals surface area contributed by atoms with Crippen molar-refractivity contribution >= 4 is 21.7 Å². The molecule has 0 amide bonds. The van der Waals surface area contributed by atoms with E-state index in [9.17, 15) is 0 Å². The van der Waals surface area contributed by atoms with Crippen molar-refractivity contribution in [2.24, 2.45) is 0 Å². The molecule has 0 bridgehead atoms. The van der Waals surface area contributed by atoms with Gasteiger partial charge in [-0.1, -0.05) is 0 Å². The zero-order chi connectivity index (χ0) is 8.27. The monoisotopic (exact) mass is 214 g/mol. The van der Waals surface area contributed by atoms with Gasteiger partial charge in [0.2, 0.25) is 0 Å². The largest absolute Gasteiger partial charge is 0.367 e. The summed E-state index contributed by atoms with van der Waals surface area (Å²) < 4.78 is 1.01. The topological polar surface area (TPSA) is 24.9 Å². The average Bonchev–Trinajstić information content (AvgIpc) is 1.93. The molecule has 0 saturated carbocycles. The predicted molar refractivity (Wildman–Crippen MR) is 50.7 cm³/mol. The summed E-state index contributed by atoms with van der Waals surface area (Å²) in [6.07, 6.45) is 1.77. The van der Waals surface area contributed by atoms with Gasteiger partial charge in [-0.15, -0.1) is 0 Å². The van der Waals surface area contributed by atoms with E-state index in [1.54, 1.807) is 6.20 Å². The van der Waals surface area contributed by atoms with E-state index in [0.29, 0.717) is 6.04 Å². The molecule has 1 aromatic heterocycles. The van der Waals surface area contributed by atoms with Crippen molar-refractivity contribution in [1.82, 2.24) is 4.98 Å². The zero-order valence-corrected chi connectivity index (χ0v) is 8.22. The Kier molecular flexibility index (Phi) is 2.88. The summed E-state index contributed by atoms with van der Waals surface area (Å²) in [6.45, 7) is 4.17. The number of hydrogen-bond acceptors (Lipinski definition) is 2. The van der Waals surface area contributed by atoms with Gasteiger partial charge in [0, 0.05) is 12.2 Å². The third kappa shape index (κ3) is 2.50. The predicted octanol–water partition coefficient (Wildman–Crippen LogP) is 2.66. The molecule has 11 heavy (non-hydrogen) atoms. The molecular formula is C8H11BrN2. The molecule has 1 heterocycles. The van der Waals surface area contributed by atoms with Gasteiger partial charge in [-0.05, 0) is 41.9 Å². The highest BCUT2D eigenvalue weighted by atomic mass is 79.9. The minimum Gasteiger partial charge on any atom is -0.367 e. The van der Waals surface area contributed by atoms with E-state index in [1.807, 2.05) is 12.1 Å². The first-order chi connectivity index (χ1) is 5.20. The Labute approximate surface area is 75.2 Å². The number of halogens is 1. The molecule has 0 saturated heterocycles. The van der Waals surface area contributed by atoms with Crippen molar-refractivity contribution < 1.29 is 0 Å². The summed E-state index contributed by atoms with van der Waals surface area (Å²) in [4.78, 5) is 4.16. The number of hydrogen-bond donors (Lipinski definition) is 1. The Bertz CT molecular complexity index is 235. The fraction of sp³-hybridized carbons (Fsp3) is 0.375. The number of nitrogens with zero attached hydrogens (tertiary/aromatic N) is 1. The lowest BCUT2D eigenvalue weighted by atomic mass is 10.4. The highest BCUT2D eigenvalue weighted by Crippen LogP contribution is 2.18. The Morgan fingerprint density at radius 3 is 2.82 bits per heavy atom. The van der Waals surface area contributed by atoms with Crippen molar-refractivity contribution in [2.75, 3.05) is 5.32 Å². The standard InChI is InChI=1S/C8H11BrN2/c1-6(2)11-8-7(9)4-3-5-10-8/h3-6H,1-2H3,(H,10,11). The molecule has 0 unspecified atom stereocenters. The fourth-order valence-electron chi connectivity index (χ4n) is 0.765. The number of pyridine rings is 1. The van der Waals surface area contributed by atoms with Gasteiger partial charge in [-0.2, -0.15) is 0 Å². The van der Waals surface area contributed by atoms with Gasteiger partial charge >= 0.3 is 0 Å². The van der Waals surface area contributed by atoms with E-state index in [0.717, 1.165) is 10.3 Å². The average molecular weight is 215 g/mol. The van der Waals surface area contributed by atoms with E-state index in [4.69, 9.17) is 0 Å². The molecule has 60 valence electrons. The van der Waals surface area contributed by atoms with Crippen LogP contribution in [0.4, 0.5) is 5.82 Å². The Morgan fingerprint density at radius 2 is 2.27 bits per heavy atom. The second-order valence-corrected chi connectivity index (χ2v) is 3.49. The highest BCUT2D eigenvalue weighted by Gasteiger charge is 1.99. The van der Waals surface area contributed by atoms with Gasteiger partial charge < -0.3 is 5.32 Å². The molecule has 0 aliphatic carbocycles. The van der Waals surface area contributed by atoms with Crippen molar-refractivity contribution in [3.8, 4) is 0 Å². The van der Waals surface area contributed by atoms with E-state index in [1.165, 1.54) is 0 Å². The molecular weight excluding hydrogens is 204 g/mol. The first-order valence-corrected chi connectivity index (χ1v) is 4.36. The second kappa shape index (κ2) is 3.72. The van der Waals surface area contributed by atoms with Gasteiger partial charge in [-0.25, -0.2) is 4.98 Å².